The van der Waals surface area contributed by atoms with Gasteiger partial charge in [0, 0.05) is 12.1 Å². The summed E-state index contributed by atoms with van der Waals surface area (Å²) in [6.07, 6.45) is 0.697. The van der Waals surface area contributed by atoms with Crippen LogP contribution in [0, 0.1) is 0 Å². The maximum Gasteiger partial charge on any atom is 0.276 e. The summed E-state index contributed by atoms with van der Waals surface area (Å²) in [5, 5.41) is 3.23. The quantitative estimate of drug-likeness (QED) is 0.347. The second-order valence-electron chi connectivity index (χ2n) is 5.52. The first kappa shape index (κ1) is 21.0. The molecule has 2 aromatic carbocycles. The van der Waals surface area contributed by atoms with E-state index in [1.807, 2.05) is 24.3 Å². The van der Waals surface area contributed by atoms with Gasteiger partial charge in [-0.25, -0.2) is 0 Å². The molecule has 3 N–H and O–H groups in total. The van der Waals surface area contributed by atoms with Gasteiger partial charge in [-0.3, -0.25) is 20.4 Å². The minimum absolute atomic E-state index is 0.259. The minimum Gasteiger partial charge on any atom is -0.497 e. The number of rotatable bonds is 8. The van der Waals surface area contributed by atoms with Crippen molar-refractivity contribution < 1.29 is 23.8 Å². The molecule has 148 valence electrons. The Hall–Kier alpha value is -3.33. The van der Waals surface area contributed by atoms with E-state index in [1.54, 1.807) is 19.2 Å². The van der Waals surface area contributed by atoms with Gasteiger partial charge in [-0.2, -0.15) is 0 Å². The number of benzene rings is 2. The van der Waals surface area contributed by atoms with Crippen LogP contribution in [-0.2, 0) is 11.3 Å². The Bertz CT molecular complexity index is 827. The zero-order valence-electron chi connectivity index (χ0n) is 15.5. The molecular weight excluding hydrogens is 382 g/mol. The van der Waals surface area contributed by atoms with Crippen molar-refractivity contribution in [1.29, 1.82) is 0 Å². The van der Waals surface area contributed by atoms with Crippen molar-refractivity contribution in [2.75, 3.05) is 20.8 Å². The van der Waals surface area contributed by atoms with E-state index in [2.05, 4.69) is 16.2 Å². The molecule has 0 atom stereocenters. The average Bonchev–Trinajstić information content (AvgIpc) is 2.74. The zero-order valence-corrected chi connectivity index (χ0v) is 16.3. The Morgan fingerprint density at radius 1 is 1.04 bits per heavy atom. The Kier molecular flexibility index (Phi) is 8.04. The molecule has 0 aliphatic heterocycles. The fraction of sp³-hybridized carbons (Fsp3) is 0.211. The number of carbonyl (C=O) groups is 2. The van der Waals surface area contributed by atoms with E-state index in [1.165, 1.54) is 13.2 Å². The molecule has 0 fully saturated rings. The first-order valence-electron chi connectivity index (χ1n) is 8.27. The van der Waals surface area contributed by atoms with E-state index in [9.17, 15) is 9.59 Å². The number of thiocarbonyl (C=S) groups is 1. The lowest BCUT2D eigenvalue weighted by molar-refractivity contribution is -0.123. The second kappa shape index (κ2) is 10.7. The lowest BCUT2D eigenvalue weighted by Crippen LogP contribution is -2.48. The van der Waals surface area contributed by atoms with Crippen LogP contribution in [0.25, 0.3) is 0 Å². The van der Waals surface area contributed by atoms with E-state index >= 15 is 0 Å². The highest BCUT2D eigenvalue weighted by molar-refractivity contribution is 7.80. The minimum atomic E-state index is -0.435. The largest absolute Gasteiger partial charge is 0.497 e. The van der Waals surface area contributed by atoms with Crippen LogP contribution >= 0.6 is 12.2 Å². The number of nitrogens with one attached hydrogen (secondary N) is 3. The Morgan fingerprint density at radius 3 is 2.43 bits per heavy atom. The molecular formula is C19H21N3O5S. The summed E-state index contributed by atoms with van der Waals surface area (Å²) in [7, 11) is 3.06. The first-order valence-corrected chi connectivity index (χ1v) is 8.68. The standard InChI is InChI=1S/C19H21N3O5S/c1-25-15-6-3-13(4-7-15)10-20-19(28)22-21-18(24)12-27-16-8-5-14(11-23)9-17(16)26-2/h3-9,11H,10,12H2,1-2H3,(H,21,24)(H2,20,22,28). The number of carbonyl (C=O) groups excluding carboxylic acids is 2. The molecule has 0 saturated heterocycles. The molecule has 0 aliphatic carbocycles. The summed E-state index contributed by atoms with van der Waals surface area (Å²) < 4.78 is 15.6. The lowest BCUT2D eigenvalue weighted by Gasteiger charge is -2.13. The number of aldehydes is 1. The molecule has 0 aliphatic rings. The topological polar surface area (TPSA) is 97.9 Å². The average molecular weight is 403 g/mol. The molecule has 9 heteroatoms. The molecule has 0 saturated carbocycles. The number of hydrogen-bond acceptors (Lipinski definition) is 6. The monoisotopic (exact) mass is 403 g/mol. The van der Waals surface area contributed by atoms with Gasteiger partial charge in [-0.1, -0.05) is 12.1 Å². The van der Waals surface area contributed by atoms with Gasteiger partial charge in [0.15, 0.2) is 23.2 Å². The van der Waals surface area contributed by atoms with Gasteiger partial charge in [0.2, 0.25) is 0 Å². The third kappa shape index (κ3) is 6.44. The smallest absolute Gasteiger partial charge is 0.276 e. The van der Waals surface area contributed by atoms with Crippen LogP contribution in [0.1, 0.15) is 15.9 Å². The van der Waals surface area contributed by atoms with Crippen molar-refractivity contribution in [3.8, 4) is 17.2 Å². The van der Waals surface area contributed by atoms with Crippen molar-refractivity contribution in [2.45, 2.75) is 6.54 Å². The summed E-state index contributed by atoms with van der Waals surface area (Å²) in [4.78, 5) is 22.7. The molecule has 8 nitrogen and oxygen atoms in total. The Labute approximate surface area is 168 Å². The molecule has 0 radical (unpaired) electrons. The molecule has 2 rings (SSSR count). The SMILES string of the molecule is COc1ccc(CNC(=S)NNC(=O)COc2ccc(C=O)cc2OC)cc1. The van der Waals surface area contributed by atoms with Crippen molar-refractivity contribution >= 4 is 29.5 Å². The van der Waals surface area contributed by atoms with E-state index in [0.29, 0.717) is 29.9 Å². The van der Waals surface area contributed by atoms with Crippen LogP contribution < -0.4 is 30.4 Å². The van der Waals surface area contributed by atoms with Crippen LogP contribution in [0.3, 0.4) is 0 Å². The Morgan fingerprint density at radius 2 is 1.79 bits per heavy atom. The fourth-order valence-corrected chi connectivity index (χ4v) is 2.28. The van der Waals surface area contributed by atoms with E-state index < -0.39 is 5.91 Å². The van der Waals surface area contributed by atoms with Gasteiger partial charge < -0.3 is 19.5 Å². The summed E-state index contributed by atoms with van der Waals surface area (Å²) in [5.74, 6) is 1.05. The van der Waals surface area contributed by atoms with Crippen LogP contribution in [-0.4, -0.2) is 38.1 Å². The molecule has 0 bridgehead atoms. The normalized spacial score (nSPS) is 9.79. The van der Waals surface area contributed by atoms with Gasteiger partial charge in [-0.15, -0.1) is 0 Å². The van der Waals surface area contributed by atoms with Crippen molar-refractivity contribution in [3.63, 3.8) is 0 Å². The van der Waals surface area contributed by atoms with Crippen LogP contribution in [0.2, 0.25) is 0 Å². The summed E-state index contributed by atoms with van der Waals surface area (Å²) >= 11 is 5.11. The maximum atomic E-state index is 11.9. The van der Waals surface area contributed by atoms with Gasteiger partial charge >= 0.3 is 0 Å². The summed E-state index contributed by atoms with van der Waals surface area (Å²) in [6.45, 7) is 0.230. The predicted octanol–water partition coefficient (Wildman–Crippen LogP) is 1.59. The molecule has 2 aromatic rings. The fourth-order valence-electron chi connectivity index (χ4n) is 2.15. The van der Waals surface area contributed by atoms with Gasteiger partial charge in [0.05, 0.1) is 14.2 Å². The van der Waals surface area contributed by atoms with Crippen LogP contribution in [0.4, 0.5) is 0 Å². The summed E-state index contributed by atoms with van der Waals surface area (Å²) in [5.41, 5.74) is 6.48. The highest BCUT2D eigenvalue weighted by Gasteiger charge is 2.09. The predicted molar refractivity (Wildman–Crippen MR) is 108 cm³/mol. The van der Waals surface area contributed by atoms with Crippen molar-refractivity contribution in [1.82, 2.24) is 16.2 Å². The van der Waals surface area contributed by atoms with E-state index in [4.69, 9.17) is 26.4 Å². The van der Waals surface area contributed by atoms with Crippen molar-refractivity contribution in [3.05, 3.63) is 53.6 Å². The lowest BCUT2D eigenvalue weighted by atomic mass is 10.2. The molecule has 28 heavy (non-hydrogen) atoms. The molecule has 1 amide bonds. The highest BCUT2D eigenvalue weighted by Crippen LogP contribution is 2.27. The number of hydrogen-bond donors (Lipinski definition) is 3. The molecule has 0 spiro atoms. The number of methoxy groups -OCH3 is 2. The van der Waals surface area contributed by atoms with E-state index in [-0.39, 0.29) is 11.7 Å². The van der Waals surface area contributed by atoms with Crippen LogP contribution in [0.15, 0.2) is 42.5 Å². The number of amides is 1. The maximum absolute atomic E-state index is 11.9. The third-order valence-corrected chi connectivity index (χ3v) is 3.86. The van der Waals surface area contributed by atoms with Gasteiger partial charge in [0.25, 0.3) is 5.91 Å². The summed E-state index contributed by atoms with van der Waals surface area (Å²) in [6, 6.07) is 12.2. The first-order chi connectivity index (χ1) is 13.5. The van der Waals surface area contributed by atoms with E-state index in [0.717, 1.165) is 11.3 Å². The number of ether oxygens (including phenoxy) is 3. The molecule has 0 unspecified atom stereocenters. The van der Waals surface area contributed by atoms with Crippen molar-refractivity contribution in [2.24, 2.45) is 0 Å². The Balaban J connectivity index is 1.72. The highest BCUT2D eigenvalue weighted by atomic mass is 32.1. The van der Waals surface area contributed by atoms with Crippen LogP contribution in [0.5, 0.6) is 17.2 Å². The molecule has 0 aromatic heterocycles. The second-order valence-corrected chi connectivity index (χ2v) is 5.93. The third-order valence-electron chi connectivity index (χ3n) is 3.61. The van der Waals surface area contributed by atoms with Gasteiger partial charge in [-0.05, 0) is 48.1 Å². The number of hydrazine groups is 1. The zero-order chi connectivity index (χ0) is 20.4. The van der Waals surface area contributed by atoms with Gasteiger partial charge in [0.1, 0.15) is 12.0 Å². The molecule has 0 heterocycles.